The lowest BCUT2D eigenvalue weighted by Crippen LogP contribution is -2.51. The van der Waals surface area contributed by atoms with E-state index in [4.69, 9.17) is 22.1 Å². The van der Waals surface area contributed by atoms with Crippen molar-refractivity contribution in [2.45, 2.75) is 44.4 Å². The van der Waals surface area contributed by atoms with Crippen molar-refractivity contribution in [1.29, 1.82) is 5.26 Å². The Hall–Kier alpha value is -3.54. The van der Waals surface area contributed by atoms with E-state index in [0.29, 0.717) is 31.9 Å². The Bertz CT molecular complexity index is 1670. The molecule has 3 saturated heterocycles. The van der Waals surface area contributed by atoms with Gasteiger partial charge in [0.2, 0.25) is 0 Å². The van der Waals surface area contributed by atoms with Crippen molar-refractivity contribution in [1.82, 2.24) is 25.2 Å². The van der Waals surface area contributed by atoms with Crippen LogP contribution in [0.3, 0.4) is 0 Å². The predicted molar refractivity (Wildman–Crippen MR) is 159 cm³/mol. The Morgan fingerprint density at radius 1 is 1.22 bits per heavy atom. The lowest BCUT2D eigenvalue weighted by atomic mass is 9.73. The number of alkyl halides is 4. The fourth-order valence-electron chi connectivity index (χ4n) is 6.98. The lowest BCUT2D eigenvalue weighted by Gasteiger charge is -2.43. The topological polar surface area (TPSA) is 116 Å². The van der Waals surface area contributed by atoms with Crippen LogP contribution in [0.1, 0.15) is 37.3 Å². The van der Waals surface area contributed by atoms with E-state index in [2.05, 4.69) is 25.2 Å². The first-order valence-electron chi connectivity index (χ1n) is 14.7. The first-order valence-corrected chi connectivity index (χ1v) is 15.0. The molecule has 240 valence electrons. The Kier molecular flexibility index (Phi) is 8.16. The molecule has 3 aliphatic rings. The number of nitrogens with zero attached hydrogens (tertiary/aromatic N) is 6. The van der Waals surface area contributed by atoms with Crippen LogP contribution in [0.25, 0.3) is 22.2 Å². The molecule has 9 nitrogen and oxygen atoms in total. The predicted octanol–water partition coefficient (Wildman–Crippen LogP) is 5.20. The fourth-order valence-corrected chi connectivity index (χ4v) is 7.30. The highest BCUT2D eigenvalue weighted by Crippen LogP contribution is 2.46. The minimum absolute atomic E-state index is 0.0326. The van der Waals surface area contributed by atoms with Crippen LogP contribution in [0.4, 0.5) is 33.5 Å². The maximum absolute atomic E-state index is 16.6. The van der Waals surface area contributed by atoms with Crippen molar-refractivity contribution in [3.05, 3.63) is 34.2 Å². The largest absolute Gasteiger partial charge is 0.463 e. The van der Waals surface area contributed by atoms with Gasteiger partial charge in [-0.1, -0.05) is 18.5 Å². The number of pyridine rings is 1. The molecule has 0 spiro atoms. The zero-order valence-electron chi connectivity index (χ0n) is 24.7. The quantitative estimate of drug-likeness (QED) is 0.274. The number of nitrogens with one attached hydrogen (secondary N) is 1. The highest BCUT2D eigenvalue weighted by atomic mass is 35.5. The third-order valence-corrected chi connectivity index (χ3v) is 9.59. The zero-order chi connectivity index (χ0) is 32.3. The Morgan fingerprint density at radius 3 is 2.58 bits per heavy atom. The first-order chi connectivity index (χ1) is 21.3. The number of halogens is 6. The van der Waals surface area contributed by atoms with Gasteiger partial charge in [0.15, 0.2) is 5.82 Å². The number of ether oxygens (including phenoxy) is 1. The molecule has 2 bridgehead atoms. The number of nitrogen functional groups attached to an aromatic ring is 1. The van der Waals surface area contributed by atoms with E-state index in [1.807, 2.05) is 18.9 Å². The molecule has 6 rings (SSSR count). The summed E-state index contributed by atoms with van der Waals surface area (Å²) in [5, 5.41) is 12.6. The van der Waals surface area contributed by atoms with Gasteiger partial charge < -0.3 is 25.6 Å². The summed E-state index contributed by atoms with van der Waals surface area (Å²) in [7, 11) is 1.94. The molecule has 15 heteroatoms. The SMILES string of the molecule is CN1CC[C@H](CF)[C@](C)(COc2nc(N3C[C@H]4CC[C@@H](C3)N4)c3cnc(-c4c(C#N)c(N)cc(Cl)c4C(F)(F)F)c(F)c3n2)C1. The maximum Gasteiger partial charge on any atom is 0.418 e. The fraction of sp³-hybridized carbons (Fsp3) is 0.533. The van der Waals surface area contributed by atoms with Gasteiger partial charge in [-0.3, -0.25) is 9.37 Å². The van der Waals surface area contributed by atoms with E-state index < -0.39 is 51.5 Å². The number of piperidine rings is 1. The summed E-state index contributed by atoms with van der Waals surface area (Å²) in [6.45, 7) is 3.82. The van der Waals surface area contributed by atoms with Gasteiger partial charge >= 0.3 is 12.2 Å². The summed E-state index contributed by atoms with van der Waals surface area (Å²) in [6.07, 6.45) is -1.32. The first kappa shape index (κ1) is 31.4. The van der Waals surface area contributed by atoms with Gasteiger partial charge in [0.25, 0.3) is 0 Å². The molecule has 3 fully saturated rings. The van der Waals surface area contributed by atoms with Gasteiger partial charge in [-0.05, 0) is 44.8 Å². The molecule has 3 aromatic rings. The molecule has 0 radical (unpaired) electrons. The molecular weight excluding hydrogens is 619 g/mol. The minimum atomic E-state index is -5.06. The van der Waals surface area contributed by atoms with Gasteiger partial charge in [0, 0.05) is 48.9 Å². The Balaban J connectivity index is 1.51. The number of aromatic nitrogens is 3. The summed E-state index contributed by atoms with van der Waals surface area (Å²) >= 11 is 5.97. The third-order valence-electron chi connectivity index (χ3n) is 9.29. The van der Waals surface area contributed by atoms with Crippen molar-refractivity contribution >= 4 is 34.0 Å². The average molecular weight is 651 g/mol. The van der Waals surface area contributed by atoms with Crippen molar-refractivity contribution in [2.24, 2.45) is 11.3 Å². The highest BCUT2D eigenvalue weighted by molar-refractivity contribution is 6.32. The zero-order valence-corrected chi connectivity index (χ0v) is 25.4. The number of fused-ring (bicyclic) bond motifs is 3. The normalized spacial score (nSPS) is 25.5. The van der Waals surface area contributed by atoms with Crippen LogP contribution in [-0.4, -0.2) is 78.4 Å². The molecular formula is C30H32ClF5N8O. The van der Waals surface area contributed by atoms with Gasteiger partial charge in [-0.25, -0.2) is 4.39 Å². The standard InChI is InChI=1S/C30H32ClF5N8O/c1-29(13-43(2)6-5-15(29)8-32)14-45-28-41-25-19(27(42-28)44-11-16-3-4-17(12-44)40-16)10-39-26(24(25)33)22-18(9-37)21(38)7-20(31)23(22)30(34,35)36/h7,10,15-17,40H,3-6,8,11-14,38H2,1-2H3/t15-,16-,17+,29+/m1/s1. The number of nitriles is 1. The Morgan fingerprint density at radius 2 is 1.93 bits per heavy atom. The van der Waals surface area contributed by atoms with E-state index in [-0.39, 0.29) is 47.2 Å². The van der Waals surface area contributed by atoms with Crippen LogP contribution >= 0.6 is 11.6 Å². The summed E-state index contributed by atoms with van der Waals surface area (Å²) in [6, 6.07) is 2.61. The smallest absolute Gasteiger partial charge is 0.418 e. The number of rotatable bonds is 6. The van der Waals surface area contributed by atoms with E-state index in [1.54, 1.807) is 6.07 Å². The number of hydrogen-bond acceptors (Lipinski definition) is 9. The van der Waals surface area contributed by atoms with Gasteiger partial charge in [-0.2, -0.15) is 28.4 Å². The van der Waals surface area contributed by atoms with Gasteiger partial charge in [0.1, 0.15) is 23.1 Å². The second-order valence-corrected chi connectivity index (χ2v) is 13.0. The number of likely N-dealkylation sites (tertiary alicyclic amines) is 1. The van der Waals surface area contributed by atoms with Crippen LogP contribution in [-0.2, 0) is 6.18 Å². The summed E-state index contributed by atoms with van der Waals surface area (Å²) < 4.78 is 79.5. The van der Waals surface area contributed by atoms with Crippen LogP contribution in [0.2, 0.25) is 5.02 Å². The molecule has 0 saturated carbocycles. The molecule has 0 amide bonds. The van der Waals surface area contributed by atoms with Crippen molar-refractivity contribution in [3.8, 4) is 23.3 Å². The molecule has 3 aliphatic heterocycles. The molecule has 5 heterocycles. The number of nitrogens with two attached hydrogens (primary N) is 1. The van der Waals surface area contributed by atoms with Crippen molar-refractivity contribution in [3.63, 3.8) is 0 Å². The minimum Gasteiger partial charge on any atom is -0.463 e. The number of hydrogen-bond donors (Lipinski definition) is 2. The monoisotopic (exact) mass is 650 g/mol. The molecule has 3 N–H and O–H groups in total. The van der Waals surface area contributed by atoms with Gasteiger partial charge in [0.05, 0.1) is 40.5 Å². The van der Waals surface area contributed by atoms with E-state index in [1.165, 1.54) is 6.20 Å². The highest BCUT2D eigenvalue weighted by Gasteiger charge is 2.42. The van der Waals surface area contributed by atoms with Crippen LogP contribution in [0.15, 0.2) is 12.3 Å². The van der Waals surface area contributed by atoms with Crippen molar-refractivity contribution < 1.29 is 26.7 Å². The van der Waals surface area contributed by atoms with E-state index in [0.717, 1.165) is 25.5 Å². The van der Waals surface area contributed by atoms with E-state index in [9.17, 15) is 22.8 Å². The lowest BCUT2D eigenvalue weighted by molar-refractivity contribution is -0.137. The summed E-state index contributed by atoms with van der Waals surface area (Å²) in [5.74, 6) is -1.17. The summed E-state index contributed by atoms with van der Waals surface area (Å²) in [5.41, 5.74) is 0.862. The molecule has 45 heavy (non-hydrogen) atoms. The molecule has 0 aliphatic carbocycles. The Labute approximate surface area is 261 Å². The average Bonchev–Trinajstić information content (AvgIpc) is 3.32. The molecule has 0 unspecified atom stereocenters. The van der Waals surface area contributed by atoms with Gasteiger partial charge in [-0.15, -0.1) is 0 Å². The van der Waals surface area contributed by atoms with Crippen molar-refractivity contribution in [2.75, 3.05) is 57.1 Å². The van der Waals surface area contributed by atoms with Crippen LogP contribution < -0.4 is 20.7 Å². The molecule has 1 aromatic carbocycles. The summed E-state index contributed by atoms with van der Waals surface area (Å²) in [4.78, 5) is 17.1. The maximum atomic E-state index is 16.6. The molecule has 2 aromatic heterocycles. The van der Waals surface area contributed by atoms with Crippen LogP contribution in [0.5, 0.6) is 6.01 Å². The second-order valence-electron chi connectivity index (χ2n) is 12.6. The number of benzene rings is 1. The third kappa shape index (κ3) is 5.70. The second kappa shape index (κ2) is 11.7. The molecule has 4 atom stereocenters. The van der Waals surface area contributed by atoms with Crippen LogP contribution in [0, 0.1) is 28.5 Å². The number of piperazine rings is 1. The number of anilines is 2. The van der Waals surface area contributed by atoms with E-state index >= 15 is 4.39 Å².